The molecule has 0 radical (unpaired) electrons. The van der Waals surface area contributed by atoms with E-state index in [9.17, 15) is 0 Å². The molecular formula is C10H13ClN2. The molecule has 13 heavy (non-hydrogen) atoms. The van der Waals surface area contributed by atoms with Gasteiger partial charge in [-0.25, -0.2) is 0 Å². The Labute approximate surface area is 83.6 Å². The second kappa shape index (κ2) is 5.60. The van der Waals surface area contributed by atoms with Gasteiger partial charge in [-0.2, -0.15) is 5.10 Å². The van der Waals surface area contributed by atoms with Crippen LogP contribution in [0.2, 0.25) is 0 Å². The molecule has 0 aliphatic heterocycles. The van der Waals surface area contributed by atoms with Crippen LogP contribution in [-0.2, 0) is 6.42 Å². The zero-order valence-electron chi connectivity index (χ0n) is 7.63. The van der Waals surface area contributed by atoms with E-state index in [0.29, 0.717) is 5.88 Å². The Hall–Kier alpha value is -1.02. The van der Waals surface area contributed by atoms with Gasteiger partial charge in [-0.3, -0.25) is 0 Å². The number of hydrogen-bond donors (Lipinski definition) is 1. The lowest BCUT2D eigenvalue weighted by molar-refractivity contribution is 0.907. The maximum Gasteiger partial charge on any atom is 0.0543 e. The number of halogens is 1. The summed E-state index contributed by atoms with van der Waals surface area (Å²) in [5.41, 5.74) is 5.08. The molecule has 70 valence electrons. The van der Waals surface area contributed by atoms with Crippen molar-refractivity contribution in [3.8, 4) is 0 Å². The van der Waals surface area contributed by atoms with E-state index in [2.05, 4.69) is 16.6 Å². The third kappa shape index (κ3) is 3.07. The first-order chi connectivity index (χ1) is 6.38. The van der Waals surface area contributed by atoms with E-state index in [1.54, 1.807) is 7.05 Å². The first-order valence-corrected chi connectivity index (χ1v) is 4.75. The molecule has 2 nitrogen and oxygen atoms in total. The van der Waals surface area contributed by atoms with E-state index in [1.165, 1.54) is 5.56 Å². The molecule has 1 rings (SSSR count). The normalized spacial score (nSPS) is 10.6. The molecule has 0 aliphatic carbocycles. The van der Waals surface area contributed by atoms with Crippen LogP contribution in [0.25, 0.3) is 0 Å². The summed E-state index contributed by atoms with van der Waals surface area (Å²) in [5, 5.41) is 3.97. The Kier molecular flexibility index (Phi) is 4.33. The van der Waals surface area contributed by atoms with Crippen LogP contribution in [0, 0.1) is 0 Å². The average molecular weight is 197 g/mol. The summed E-state index contributed by atoms with van der Waals surface area (Å²) in [6, 6.07) is 8.11. The van der Waals surface area contributed by atoms with Crippen LogP contribution in [0.1, 0.15) is 11.1 Å². The Morgan fingerprint density at radius 1 is 1.46 bits per heavy atom. The van der Waals surface area contributed by atoms with Crippen molar-refractivity contribution in [2.24, 2.45) is 5.10 Å². The molecule has 3 heteroatoms. The second-order valence-electron chi connectivity index (χ2n) is 2.62. The summed E-state index contributed by atoms with van der Waals surface area (Å²) < 4.78 is 0. The SMILES string of the molecule is CNN=Cc1ccccc1CCCl. The maximum atomic E-state index is 5.68. The van der Waals surface area contributed by atoms with Crippen molar-refractivity contribution in [1.29, 1.82) is 0 Å². The van der Waals surface area contributed by atoms with Gasteiger partial charge >= 0.3 is 0 Å². The van der Waals surface area contributed by atoms with Gasteiger partial charge in [-0.05, 0) is 17.5 Å². The summed E-state index contributed by atoms with van der Waals surface area (Å²) in [6.07, 6.45) is 2.69. The average Bonchev–Trinajstić information content (AvgIpc) is 2.17. The van der Waals surface area contributed by atoms with Crippen molar-refractivity contribution in [2.45, 2.75) is 6.42 Å². The van der Waals surface area contributed by atoms with Crippen molar-refractivity contribution in [3.05, 3.63) is 35.4 Å². The van der Waals surface area contributed by atoms with Crippen molar-refractivity contribution in [1.82, 2.24) is 5.43 Å². The fourth-order valence-electron chi connectivity index (χ4n) is 1.12. The molecule has 0 saturated heterocycles. The van der Waals surface area contributed by atoms with Gasteiger partial charge in [0.05, 0.1) is 6.21 Å². The summed E-state index contributed by atoms with van der Waals surface area (Å²) >= 11 is 5.68. The highest BCUT2D eigenvalue weighted by Crippen LogP contribution is 2.07. The maximum absolute atomic E-state index is 5.68. The van der Waals surface area contributed by atoms with Crippen molar-refractivity contribution < 1.29 is 0 Å². The number of rotatable bonds is 4. The zero-order chi connectivity index (χ0) is 9.52. The van der Waals surface area contributed by atoms with E-state index >= 15 is 0 Å². The van der Waals surface area contributed by atoms with Gasteiger partial charge in [0.2, 0.25) is 0 Å². The quantitative estimate of drug-likeness (QED) is 0.445. The molecule has 0 bridgehead atoms. The molecular weight excluding hydrogens is 184 g/mol. The smallest absolute Gasteiger partial charge is 0.0543 e. The van der Waals surface area contributed by atoms with Crippen LogP contribution in [-0.4, -0.2) is 19.1 Å². The fraction of sp³-hybridized carbons (Fsp3) is 0.300. The van der Waals surface area contributed by atoms with E-state index in [1.807, 2.05) is 24.4 Å². The van der Waals surface area contributed by atoms with Gasteiger partial charge in [0, 0.05) is 12.9 Å². The van der Waals surface area contributed by atoms with Gasteiger partial charge in [-0.15, -0.1) is 11.6 Å². The minimum atomic E-state index is 0.643. The molecule has 0 aromatic heterocycles. The largest absolute Gasteiger partial charge is 0.313 e. The van der Waals surface area contributed by atoms with Gasteiger partial charge in [0.25, 0.3) is 0 Å². The molecule has 0 spiro atoms. The molecule has 1 aromatic carbocycles. The standard InChI is InChI=1S/C10H13ClN2/c1-12-13-8-10-5-3-2-4-9(10)6-7-11/h2-5,8,12H,6-7H2,1H3. The third-order valence-electron chi connectivity index (χ3n) is 1.75. The topological polar surface area (TPSA) is 24.4 Å². The minimum Gasteiger partial charge on any atom is -0.313 e. The lowest BCUT2D eigenvalue weighted by Gasteiger charge is -2.01. The number of alkyl halides is 1. The lowest BCUT2D eigenvalue weighted by Crippen LogP contribution is -1.98. The fourth-order valence-corrected chi connectivity index (χ4v) is 1.33. The molecule has 0 heterocycles. The van der Waals surface area contributed by atoms with Crippen molar-refractivity contribution >= 4 is 17.8 Å². The molecule has 0 aliphatic rings. The number of nitrogens with zero attached hydrogens (tertiary/aromatic N) is 1. The van der Waals surface area contributed by atoms with Crippen molar-refractivity contribution in [3.63, 3.8) is 0 Å². The molecule has 0 saturated carbocycles. The molecule has 0 atom stereocenters. The summed E-state index contributed by atoms with van der Waals surface area (Å²) in [4.78, 5) is 0. The van der Waals surface area contributed by atoms with Crippen LogP contribution in [0.5, 0.6) is 0 Å². The summed E-state index contributed by atoms with van der Waals surface area (Å²) in [5.74, 6) is 0.643. The summed E-state index contributed by atoms with van der Waals surface area (Å²) in [6.45, 7) is 0. The summed E-state index contributed by atoms with van der Waals surface area (Å²) in [7, 11) is 1.78. The van der Waals surface area contributed by atoms with Gasteiger partial charge in [0.15, 0.2) is 0 Å². The minimum absolute atomic E-state index is 0.643. The first kappa shape index (κ1) is 10.1. The lowest BCUT2D eigenvalue weighted by atomic mass is 10.1. The van der Waals surface area contributed by atoms with Crippen LogP contribution in [0.4, 0.5) is 0 Å². The van der Waals surface area contributed by atoms with Gasteiger partial charge in [0.1, 0.15) is 0 Å². The predicted octanol–water partition coefficient (Wildman–Crippen LogP) is 2.02. The Balaban J connectivity index is 2.84. The first-order valence-electron chi connectivity index (χ1n) is 4.22. The molecule has 1 aromatic rings. The van der Waals surface area contributed by atoms with E-state index < -0.39 is 0 Å². The molecule has 0 unspecified atom stereocenters. The number of hydrogen-bond acceptors (Lipinski definition) is 2. The number of nitrogens with one attached hydrogen (secondary N) is 1. The van der Waals surface area contributed by atoms with Crippen molar-refractivity contribution in [2.75, 3.05) is 12.9 Å². The van der Waals surface area contributed by atoms with Gasteiger partial charge < -0.3 is 5.43 Å². The predicted molar refractivity (Wildman–Crippen MR) is 57.5 cm³/mol. The highest BCUT2D eigenvalue weighted by Gasteiger charge is 1.97. The van der Waals surface area contributed by atoms with E-state index in [-0.39, 0.29) is 0 Å². The van der Waals surface area contributed by atoms with Crippen LogP contribution >= 0.6 is 11.6 Å². The third-order valence-corrected chi connectivity index (χ3v) is 1.94. The Bertz CT molecular complexity index is 284. The molecule has 0 amide bonds. The zero-order valence-corrected chi connectivity index (χ0v) is 8.38. The van der Waals surface area contributed by atoms with Crippen LogP contribution < -0.4 is 5.43 Å². The highest BCUT2D eigenvalue weighted by atomic mass is 35.5. The number of benzene rings is 1. The second-order valence-corrected chi connectivity index (χ2v) is 3.00. The molecule has 1 N–H and O–H groups in total. The van der Waals surface area contributed by atoms with Gasteiger partial charge in [-0.1, -0.05) is 24.3 Å². The van der Waals surface area contributed by atoms with E-state index in [0.717, 1.165) is 12.0 Å². The Morgan fingerprint density at radius 3 is 2.92 bits per heavy atom. The van der Waals surface area contributed by atoms with E-state index in [4.69, 9.17) is 11.6 Å². The highest BCUT2D eigenvalue weighted by molar-refractivity contribution is 6.18. The van der Waals surface area contributed by atoms with Crippen LogP contribution in [0.15, 0.2) is 29.4 Å². The Morgan fingerprint density at radius 2 is 2.23 bits per heavy atom. The number of aryl methyl sites for hydroxylation is 1. The molecule has 0 fully saturated rings. The number of hydrazone groups is 1. The monoisotopic (exact) mass is 196 g/mol. The van der Waals surface area contributed by atoms with Crippen LogP contribution in [0.3, 0.4) is 0 Å².